The summed E-state index contributed by atoms with van der Waals surface area (Å²) in [6.07, 6.45) is -1.63. The smallest absolute Gasteiger partial charge is 0.286 e. The summed E-state index contributed by atoms with van der Waals surface area (Å²) in [7, 11) is 0. The standard InChI is InChI=1S/C22H13ClF2O3/c23-12-7-5-11(6-8-12)13-9-10-15(22(24,25)18-19(26)20(18)27)17-14-3-1-2-4-16(14)28-21(13)17/h1-10,18-19,26H/t18-,19?/m0/s1. The summed E-state index contributed by atoms with van der Waals surface area (Å²) in [6, 6.07) is 16.8. The Labute approximate surface area is 163 Å². The van der Waals surface area contributed by atoms with E-state index >= 15 is 8.78 Å². The zero-order valence-electron chi connectivity index (χ0n) is 14.3. The molecule has 3 aromatic carbocycles. The van der Waals surface area contributed by atoms with Crippen molar-refractivity contribution < 1.29 is 23.1 Å². The van der Waals surface area contributed by atoms with Crippen molar-refractivity contribution in [3.05, 3.63) is 71.2 Å². The molecule has 2 atom stereocenters. The maximum Gasteiger partial charge on any atom is 0.286 e. The largest absolute Gasteiger partial charge is 0.455 e. The number of hydrogen-bond acceptors (Lipinski definition) is 3. The number of aliphatic hydroxyl groups is 1. The maximum absolute atomic E-state index is 15.1. The second-order valence-corrected chi connectivity index (χ2v) is 7.35. The summed E-state index contributed by atoms with van der Waals surface area (Å²) >= 11 is 5.96. The summed E-state index contributed by atoms with van der Waals surface area (Å²) in [4.78, 5) is 11.5. The fourth-order valence-electron chi connectivity index (χ4n) is 3.73. The third-order valence-electron chi connectivity index (χ3n) is 5.24. The van der Waals surface area contributed by atoms with Crippen molar-refractivity contribution in [1.82, 2.24) is 0 Å². The molecular formula is C22H13ClF2O3. The van der Waals surface area contributed by atoms with Gasteiger partial charge < -0.3 is 9.52 Å². The molecule has 6 heteroatoms. The molecule has 0 spiro atoms. The minimum atomic E-state index is -3.50. The zero-order valence-corrected chi connectivity index (χ0v) is 15.1. The Balaban J connectivity index is 1.83. The number of alkyl halides is 2. The number of furan rings is 1. The molecule has 1 unspecified atom stereocenters. The van der Waals surface area contributed by atoms with Gasteiger partial charge in [-0.15, -0.1) is 0 Å². The van der Waals surface area contributed by atoms with Gasteiger partial charge in [-0.25, -0.2) is 8.78 Å². The summed E-state index contributed by atoms with van der Waals surface area (Å²) in [6.45, 7) is 0. The molecule has 1 N–H and O–H groups in total. The fourth-order valence-corrected chi connectivity index (χ4v) is 3.86. The lowest BCUT2D eigenvalue weighted by Crippen LogP contribution is -2.19. The molecule has 0 amide bonds. The van der Waals surface area contributed by atoms with Gasteiger partial charge >= 0.3 is 0 Å². The van der Waals surface area contributed by atoms with Crippen LogP contribution in [0.25, 0.3) is 33.1 Å². The van der Waals surface area contributed by atoms with Crippen molar-refractivity contribution in [2.24, 2.45) is 5.92 Å². The number of Topliss-reactive ketones (excluding diaryl/α,β-unsaturated/α-hetero) is 1. The molecule has 1 saturated carbocycles. The zero-order chi connectivity index (χ0) is 19.6. The van der Waals surface area contributed by atoms with E-state index in [1.165, 1.54) is 6.07 Å². The van der Waals surface area contributed by atoms with Crippen LogP contribution in [0, 0.1) is 5.92 Å². The average molecular weight is 399 g/mol. The summed E-state index contributed by atoms with van der Waals surface area (Å²) < 4.78 is 36.2. The van der Waals surface area contributed by atoms with Crippen molar-refractivity contribution in [2.75, 3.05) is 0 Å². The van der Waals surface area contributed by atoms with Gasteiger partial charge in [0.2, 0.25) is 0 Å². The van der Waals surface area contributed by atoms with Crippen LogP contribution >= 0.6 is 11.6 Å². The number of ketones is 1. The second-order valence-electron chi connectivity index (χ2n) is 6.92. The van der Waals surface area contributed by atoms with Crippen molar-refractivity contribution in [3.63, 3.8) is 0 Å². The predicted molar refractivity (Wildman–Crippen MR) is 103 cm³/mol. The molecule has 1 heterocycles. The molecule has 0 aliphatic heterocycles. The number of rotatable bonds is 3. The highest BCUT2D eigenvalue weighted by molar-refractivity contribution is 6.30. The molecule has 5 rings (SSSR count). The van der Waals surface area contributed by atoms with Crippen LogP contribution in [0.5, 0.6) is 0 Å². The Hall–Kier alpha value is -2.76. The van der Waals surface area contributed by atoms with E-state index in [-0.39, 0.29) is 10.9 Å². The first-order valence-corrected chi connectivity index (χ1v) is 9.07. The third-order valence-corrected chi connectivity index (χ3v) is 5.49. The Morgan fingerprint density at radius 1 is 1.00 bits per heavy atom. The number of fused-ring (bicyclic) bond motifs is 3. The molecule has 0 bridgehead atoms. The predicted octanol–water partition coefficient (Wildman–Crippen LogP) is 5.56. The van der Waals surface area contributed by atoms with Crippen LogP contribution in [-0.2, 0) is 10.7 Å². The number of para-hydroxylation sites is 1. The van der Waals surface area contributed by atoms with Crippen molar-refractivity contribution in [3.8, 4) is 11.1 Å². The number of halogens is 3. The van der Waals surface area contributed by atoms with E-state index in [2.05, 4.69) is 0 Å². The highest BCUT2D eigenvalue weighted by Crippen LogP contribution is 2.51. The number of carbonyl (C=O) groups is 1. The Kier molecular flexibility index (Phi) is 3.63. The topological polar surface area (TPSA) is 50.4 Å². The molecule has 1 aromatic heterocycles. The van der Waals surface area contributed by atoms with E-state index in [0.29, 0.717) is 27.1 Å². The highest BCUT2D eigenvalue weighted by atomic mass is 35.5. The molecule has 0 saturated heterocycles. The van der Waals surface area contributed by atoms with Crippen LogP contribution in [0.15, 0.2) is 65.1 Å². The lowest BCUT2D eigenvalue weighted by molar-refractivity contribution is -0.117. The van der Waals surface area contributed by atoms with E-state index < -0.39 is 23.7 Å². The number of hydrogen-bond donors (Lipinski definition) is 1. The quantitative estimate of drug-likeness (QED) is 0.491. The first-order valence-electron chi connectivity index (χ1n) is 8.70. The minimum absolute atomic E-state index is 0.250. The lowest BCUT2D eigenvalue weighted by Gasteiger charge is -2.17. The molecule has 4 aromatic rings. The van der Waals surface area contributed by atoms with Gasteiger partial charge in [0.25, 0.3) is 5.92 Å². The molecule has 3 nitrogen and oxygen atoms in total. The normalized spacial score (nSPS) is 19.5. The summed E-state index contributed by atoms with van der Waals surface area (Å²) in [5.41, 5.74) is 1.87. The molecule has 28 heavy (non-hydrogen) atoms. The molecule has 1 aliphatic rings. The van der Waals surface area contributed by atoms with Crippen molar-refractivity contribution >= 4 is 39.3 Å². The van der Waals surface area contributed by atoms with E-state index in [1.54, 1.807) is 54.6 Å². The second kappa shape index (κ2) is 5.87. The van der Waals surface area contributed by atoms with E-state index in [0.717, 1.165) is 5.56 Å². The first kappa shape index (κ1) is 17.3. The highest BCUT2D eigenvalue weighted by Gasteiger charge is 2.64. The van der Waals surface area contributed by atoms with Crippen LogP contribution in [0.2, 0.25) is 5.02 Å². The molecule has 1 aliphatic carbocycles. The van der Waals surface area contributed by atoms with E-state index in [1.807, 2.05) is 0 Å². The van der Waals surface area contributed by atoms with Crippen LogP contribution in [0.3, 0.4) is 0 Å². The SMILES string of the molecule is O=C1C(O)[C@@H]1C(F)(F)c1ccc(-c2ccc(Cl)cc2)c2oc3ccccc3c12. The van der Waals surface area contributed by atoms with E-state index in [9.17, 15) is 9.90 Å². The Morgan fingerprint density at radius 2 is 1.68 bits per heavy atom. The molecular weight excluding hydrogens is 386 g/mol. The van der Waals surface area contributed by atoms with Gasteiger partial charge in [0.05, 0.1) is 0 Å². The van der Waals surface area contributed by atoms with Gasteiger partial charge in [0.1, 0.15) is 23.2 Å². The Bertz CT molecular complexity index is 1240. The lowest BCUT2D eigenvalue weighted by atomic mass is 9.93. The molecule has 140 valence electrons. The first-order chi connectivity index (χ1) is 13.4. The van der Waals surface area contributed by atoms with Gasteiger partial charge in [-0.3, -0.25) is 4.79 Å². The van der Waals surface area contributed by atoms with Crippen LogP contribution < -0.4 is 0 Å². The summed E-state index contributed by atoms with van der Waals surface area (Å²) in [5, 5.41) is 10.9. The van der Waals surface area contributed by atoms with Crippen molar-refractivity contribution in [2.45, 2.75) is 12.0 Å². The number of aliphatic hydroxyl groups excluding tert-OH is 1. The molecule has 0 radical (unpaired) electrons. The average Bonchev–Trinajstić information content (AvgIpc) is 3.12. The maximum atomic E-state index is 15.1. The van der Waals surface area contributed by atoms with Crippen LogP contribution in [0.4, 0.5) is 8.78 Å². The van der Waals surface area contributed by atoms with Crippen molar-refractivity contribution in [1.29, 1.82) is 0 Å². The van der Waals surface area contributed by atoms with Gasteiger partial charge in [-0.1, -0.05) is 54.1 Å². The van der Waals surface area contributed by atoms with Crippen LogP contribution in [-0.4, -0.2) is 17.0 Å². The van der Waals surface area contributed by atoms with Gasteiger partial charge in [0.15, 0.2) is 5.78 Å². The number of carbonyl (C=O) groups excluding carboxylic acids is 1. The Morgan fingerprint density at radius 3 is 2.36 bits per heavy atom. The summed E-state index contributed by atoms with van der Waals surface area (Å²) in [5.74, 6) is -6.06. The van der Waals surface area contributed by atoms with Gasteiger partial charge in [-0.2, -0.15) is 0 Å². The number of benzene rings is 3. The molecule has 1 fully saturated rings. The third kappa shape index (κ3) is 2.40. The van der Waals surface area contributed by atoms with Gasteiger partial charge in [-0.05, 0) is 23.8 Å². The van der Waals surface area contributed by atoms with E-state index in [4.69, 9.17) is 16.0 Å². The van der Waals surface area contributed by atoms with Crippen LogP contribution in [0.1, 0.15) is 5.56 Å². The minimum Gasteiger partial charge on any atom is -0.455 e. The fraction of sp³-hybridized carbons (Fsp3) is 0.136. The monoisotopic (exact) mass is 398 g/mol. The van der Waals surface area contributed by atoms with Gasteiger partial charge in [0, 0.05) is 26.9 Å².